The van der Waals surface area contributed by atoms with Crippen LogP contribution in [0.4, 0.5) is 8.78 Å². The summed E-state index contributed by atoms with van der Waals surface area (Å²) in [6.07, 6.45) is 5.88. The SMILES string of the molecule is CCCCCNC(=O)C[C@@H](c1ccc(F)cc1F)c1c[nH]c2c(CC)cccc12. The number of hydrogen-bond acceptors (Lipinski definition) is 1. The van der Waals surface area contributed by atoms with Gasteiger partial charge in [0.25, 0.3) is 0 Å². The Bertz CT molecular complexity index is 980. The molecule has 0 unspecified atom stereocenters. The summed E-state index contributed by atoms with van der Waals surface area (Å²) in [5.74, 6) is -1.88. The molecule has 0 aliphatic carbocycles. The number of benzene rings is 2. The highest BCUT2D eigenvalue weighted by molar-refractivity contribution is 5.88. The van der Waals surface area contributed by atoms with Gasteiger partial charge in [-0.3, -0.25) is 4.79 Å². The normalized spacial score (nSPS) is 12.3. The lowest BCUT2D eigenvalue weighted by Crippen LogP contribution is -2.26. The molecule has 3 aromatic rings. The van der Waals surface area contributed by atoms with Crippen LogP contribution in [0, 0.1) is 11.6 Å². The number of unbranched alkanes of at least 4 members (excludes halogenated alkanes) is 2. The summed E-state index contributed by atoms with van der Waals surface area (Å²) in [5.41, 5.74) is 3.35. The smallest absolute Gasteiger partial charge is 0.220 e. The van der Waals surface area contributed by atoms with Crippen LogP contribution < -0.4 is 5.32 Å². The maximum absolute atomic E-state index is 14.7. The molecule has 2 aromatic carbocycles. The predicted molar refractivity (Wildman–Crippen MR) is 113 cm³/mol. The Hall–Kier alpha value is -2.69. The van der Waals surface area contributed by atoms with E-state index in [0.717, 1.165) is 53.8 Å². The van der Waals surface area contributed by atoms with Crippen molar-refractivity contribution >= 4 is 16.8 Å². The summed E-state index contributed by atoms with van der Waals surface area (Å²) < 4.78 is 28.1. The predicted octanol–water partition coefficient (Wildman–Crippen LogP) is 5.84. The molecule has 0 spiro atoms. The van der Waals surface area contributed by atoms with E-state index in [1.807, 2.05) is 18.3 Å². The van der Waals surface area contributed by atoms with Gasteiger partial charge in [0.05, 0.1) is 0 Å². The molecule has 1 aromatic heterocycles. The quantitative estimate of drug-likeness (QED) is 0.437. The molecule has 0 saturated heterocycles. The second-order valence-electron chi connectivity index (χ2n) is 7.42. The lowest BCUT2D eigenvalue weighted by Gasteiger charge is -2.18. The second kappa shape index (κ2) is 9.68. The van der Waals surface area contributed by atoms with Gasteiger partial charge in [0, 0.05) is 42.0 Å². The highest BCUT2D eigenvalue weighted by atomic mass is 19.1. The van der Waals surface area contributed by atoms with Crippen molar-refractivity contribution in [2.75, 3.05) is 6.54 Å². The minimum absolute atomic E-state index is 0.109. The van der Waals surface area contributed by atoms with Crippen LogP contribution in [-0.2, 0) is 11.2 Å². The molecule has 154 valence electrons. The van der Waals surface area contributed by atoms with E-state index in [1.54, 1.807) is 0 Å². The Labute approximate surface area is 170 Å². The Morgan fingerprint density at radius 2 is 1.93 bits per heavy atom. The number of hydrogen-bond donors (Lipinski definition) is 2. The van der Waals surface area contributed by atoms with Gasteiger partial charge in [-0.15, -0.1) is 0 Å². The Balaban J connectivity index is 1.96. The fourth-order valence-corrected chi connectivity index (χ4v) is 3.85. The third kappa shape index (κ3) is 4.84. The molecule has 1 heterocycles. The van der Waals surface area contributed by atoms with Gasteiger partial charge in [0.15, 0.2) is 0 Å². The van der Waals surface area contributed by atoms with E-state index in [4.69, 9.17) is 0 Å². The average molecular weight is 398 g/mol. The number of nitrogens with one attached hydrogen (secondary N) is 2. The first kappa shape index (κ1) is 21.0. The minimum atomic E-state index is -0.630. The Morgan fingerprint density at radius 1 is 1.10 bits per heavy atom. The Morgan fingerprint density at radius 3 is 2.66 bits per heavy atom. The lowest BCUT2D eigenvalue weighted by molar-refractivity contribution is -0.121. The summed E-state index contributed by atoms with van der Waals surface area (Å²) in [5, 5.41) is 3.90. The number of para-hydroxylation sites is 1. The number of aromatic nitrogens is 1. The lowest BCUT2D eigenvalue weighted by atomic mass is 9.87. The topological polar surface area (TPSA) is 44.9 Å². The molecule has 1 amide bonds. The fourth-order valence-electron chi connectivity index (χ4n) is 3.85. The molecule has 2 N–H and O–H groups in total. The molecule has 5 heteroatoms. The average Bonchev–Trinajstić information content (AvgIpc) is 3.14. The number of rotatable bonds is 9. The molecule has 29 heavy (non-hydrogen) atoms. The number of aromatic amines is 1. The third-order valence-electron chi connectivity index (χ3n) is 5.42. The van der Waals surface area contributed by atoms with Crippen LogP contribution in [0.2, 0.25) is 0 Å². The number of fused-ring (bicyclic) bond motifs is 1. The van der Waals surface area contributed by atoms with Crippen LogP contribution in [0.1, 0.15) is 62.1 Å². The van der Waals surface area contributed by atoms with Gasteiger partial charge >= 0.3 is 0 Å². The minimum Gasteiger partial charge on any atom is -0.361 e. The van der Waals surface area contributed by atoms with Gasteiger partial charge in [-0.25, -0.2) is 8.78 Å². The van der Waals surface area contributed by atoms with E-state index < -0.39 is 17.6 Å². The standard InChI is InChI=1S/C24H28F2N2O/c1-3-5-6-12-27-23(29)14-20(18-11-10-17(25)13-22(18)26)21-15-28-24-16(4-2)8-7-9-19(21)24/h7-11,13,15,20,28H,3-6,12,14H2,1-2H3,(H,27,29)/t20-/m0/s1. The molecule has 3 rings (SSSR count). The maximum Gasteiger partial charge on any atom is 0.220 e. The molecule has 3 nitrogen and oxygen atoms in total. The summed E-state index contributed by atoms with van der Waals surface area (Å²) in [7, 11) is 0. The molecule has 0 saturated carbocycles. The van der Waals surface area contributed by atoms with E-state index in [1.165, 1.54) is 12.1 Å². The zero-order chi connectivity index (χ0) is 20.8. The van der Waals surface area contributed by atoms with Crippen LogP contribution in [0.5, 0.6) is 0 Å². The molecule has 0 bridgehead atoms. The van der Waals surface area contributed by atoms with Gasteiger partial charge in [0.1, 0.15) is 11.6 Å². The van der Waals surface area contributed by atoms with Crippen molar-refractivity contribution in [3.05, 3.63) is 70.9 Å². The van der Waals surface area contributed by atoms with E-state index in [-0.39, 0.29) is 12.3 Å². The number of carbonyl (C=O) groups is 1. The van der Waals surface area contributed by atoms with Crippen LogP contribution in [0.25, 0.3) is 10.9 Å². The fraction of sp³-hybridized carbons (Fsp3) is 0.375. The maximum atomic E-state index is 14.7. The van der Waals surface area contributed by atoms with Crippen molar-refractivity contribution in [2.24, 2.45) is 0 Å². The third-order valence-corrected chi connectivity index (χ3v) is 5.42. The molecular weight excluding hydrogens is 370 g/mol. The molecular formula is C24H28F2N2O. The highest BCUT2D eigenvalue weighted by Gasteiger charge is 2.24. The summed E-state index contributed by atoms with van der Waals surface area (Å²) >= 11 is 0. The zero-order valence-electron chi connectivity index (χ0n) is 17.0. The van der Waals surface area contributed by atoms with Crippen LogP contribution >= 0.6 is 0 Å². The van der Waals surface area contributed by atoms with Gasteiger partial charge < -0.3 is 10.3 Å². The first-order valence-electron chi connectivity index (χ1n) is 10.4. The molecule has 0 aliphatic heterocycles. The zero-order valence-corrected chi connectivity index (χ0v) is 17.0. The van der Waals surface area contributed by atoms with Crippen molar-refractivity contribution in [1.82, 2.24) is 10.3 Å². The summed E-state index contributed by atoms with van der Waals surface area (Å²) in [4.78, 5) is 15.9. The van der Waals surface area contributed by atoms with Crippen molar-refractivity contribution in [1.29, 1.82) is 0 Å². The van der Waals surface area contributed by atoms with Crippen LogP contribution in [0.3, 0.4) is 0 Å². The first-order valence-corrected chi connectivity index (χ1v) is 10.4. The molecule has 0 aliphatic rings. The highest BCUT2D eigenvalue weighted by Crippen LogP contribution is 2.35. The largest absolute Gasteiger partial charge is 0.361 e. The summed E-state index contributed by atoms with van der Waals surface area (Å²) in [6, 6.07) is 9.58. The van der Waals surface area contributed by atoms with Crippen molar-refractivity contribution < 1.29 is 13.6 Å². The summed E-state index contributed by atoms with van der Waals surface area (Å²) in [6.45, 7) is 4.80. The van der Waals surface area contributed by atoms with Gasteiger partial charge in [-0.1, -0.05) is 51.0 Å². The van der Waals surface area contributed by atoms with Crippen molar-refractivity contribution in [3.63, 3.8) is 0 Å². The molecule has 0 radical (unpaired) electrons. The number of H-pyrrole nitrogens is 1. The van der Waals surface area contributed by atoms with Crippen molar-refractivity contribution in [3.8, 4) is 0 Å². The van der Waals surface area contributed by atoms with Crippen LogP contribution in [0.15, 0.2) is 42.6 Å². The van der Waals surface area contributed by atoms with Crippen molar-refractivity contribution in [2.45, 2.75) is 51.9 Å². The molecule has 0 fully saturated rings. The van der Waals surface area contributed by atoms with E-state index in [9.17, 15) is 13.6 Å². The number of amides is 1. The van der Waals surface area contributed by atoms with Crippen LogP contribution in [-0.4, -0.2) is 17.4 Å². The number of aryl methyl sites for hydroxylation is 1. The molecule has 1 atom stereocenters. The van der Waals surface area contributed by atoms with Gasteiger partial charge in [0.2, 0.25) is 5.91 Å². The van der Waals surface area contributed by atoms with Gasteiger partial charge in [-0.2, -0.15) is 0 Å². The van der Waals surface area contributed by atoms with E-state index >= 15 is 0 Å². The Kier molecular flexibility index (Phi) is 7.02. The van der Waals surface area contributed by atoms with Gasteiger partial charge in [-0.05, 0) is 35.6 Å². The number of halogens is 2. The first-order chi connectivity index (χ1) is 14.0. The monoisotopic (exact) mass is 398 g/mol. The van der Waals surface area contributed by atoms with E-state index in [0.29, 0.717) is 12.1 Å². The number of carbonyl (C=O) groups excluding carboxylic acids is 1. The second-order valence-corrected chi connectivity index (χ2v) is 7.42. The van der Waals surface area contributed by atoms with E-state index in [2.05, 4.69) is 30.2 Å².